The van der Waals surface area contributed by atoms with Crippen LogP contribution in [-0.2, 0) is 16.1 Å². The van der Waals surface area contributed by atoms with E-state index in [1.54, 1.807) is 43.9 Å². The molecule has 1 unspecified atom stereocenters. The third-order valence-electron chi connectivity index (χ3n) is 5.04. The Morgan fingerprint density at radius 3 is 2.62 bits per heavy atom. The molecule has 11 heteroatoms. The number of alkyl halides is 2. The van der Waals surface area contributed by atoms with Crippen molar-refractivity contribution < 1.29 is 28.2 Å². The van der Waals surface area contributed by atoms with Crippen LogP contribution in [0.3, 0.4) is 0 Å². The molecule has 188 valence electrons. The summed E-state index contributed by atoms with van der Waals surface area (Å²) in [7, 11) is 1.53. The number of aliphatic hydroxyl groups is 1. The maximum absolute atomic E-state index is 13.4. The van der Waals surface area contributed by atoms with E-state index in [-0.39, 0.29) is 31.6 Å². The van der Waals surface area contributed by atoms with Gasteiger partial charge in [-0.15, -0.1) is 0 Å². The predicted molar refractivity (Wildman–Crippen MR) is 123 cm³/mol. The van der Waals surface area contributed by atoms with Crippen LogP contribution in [0.1, 0.15) is 52.0 Å². The normalized spacial score (nSPS) is 16.6. The Kier molecular flexibility index (Phi) is 9.48. The van der Waals surface area contributed by atoms with E-state index < -0.39 is 23.5 Å². The van der Waals surface area contributed by atoms with Gasteiger partial charge in [-0.1, -0.05) is 6.07 Å². The monoisotopic (exact) mass is 481 g/mol. The van der Waals surface area contributed by atoms with E-state index in [1.807, 2.05) is 6.07 Å². The fraction of sp³-hybridized carbons (Fsp3) is 0.565. The lowest BCUT2D eigenvalue weighted by Gasteiger charge is -2.32. The van der Waals surface area contributed by atoms with E-state index in [0.717, 1.165) is 5.56 Å². The van der Waals surface area contributed by atoms with Gasteiger partial charge >= 0.3 is 0 Å². The van der Waals surface area contributed by atoms with Gasteiger partial charge in [0, 0.05) is 30.8 Å². The van der Waals surface area contributed by atoms with Crippen LogP contribution in [0.5, 0.6) is 5.88 Å². The smallest absolute Gasteiger partial charge is 0.248 e. The quantitative estimate of drug-likeness (QED) is 0.499. The van der Waals surface area contributed by atoms with Crippen LogP contribution < -0.4 is 15.4 Å². The van der Waals surface area contributed by atoms with E-state index in [2.05, 4.69) is 20.7 Å². The van der Waals surface area contributed by atoms with Crippen molar-refractivity contribution in [3.8, 4) is 5.88 Å². The Balaban J connectivity index is 0.000000739. The number of nitrogens with zero attached hydrogens (tertiary/aromatic N) is 3. The molecular weight excluding hydrogens is 448 g/mol. The van der Waals surface area contributed by atoms with Crippen molar-refractivity contribution in [3.63, 3.8) is 0 Å². The average Bonchev–Trinajstić information content (AvgIpc) is 3.18. The van der Waals surface area contributed by atoms with Gasteiger partial charge in [0.2, 0.25) is 24.1 Å². The molecule has 3 N–H and O–H groups in total. The van der Waals surface area contributed by atoms with Gasteiger partial charge in [0.25, 0.3) is 0 Å². The van der Waals surface area contributed by atoms with E-state index >= 15 is 0 Å². The number of hydrogen-bond donors (Lipinski definition) is 3. The first-order valence-electron chi connectivity index (χ1n) is 11.0. The van der Waals surface area contributed by atoms with E-state index in [9.17, 15) is 18.4 Å². The highest BCUT2D eigenvalue weighted by Gasteiger charge is 2.39. The molecule has 1 aliphatic rings. The first kappa shape index (κ1) is 27.2. The summed E-state index contributed by atoms with van der Waals surface area (Å²) in [6, 6.07) is 2.77. The van der Waals surface area contributed by atoms with E-state index in [1.165, 1.54) is 13.3 Å². The maximum Gasteiger partial charge on any atom is 0.248 e. The van der Waals surface area contributed by atoms with Crippen molar-refractivity contribution in [1.29, 1.82) is 0 Å². The number of carbonyl (C=O) groups is 2. The lowest BCUT2D eigenvalue weighted by molar-refractivity contribution is -0.124. The molecular formula is C23H33F2N5O4. The van der Waals surface area contributed by atoms with Crippen molar-refractivity contribution in [2.75, 3.05) is 12.4 Å². The van der Waals surface area contributed by atoms with Crippen LogP contribution in [0.2, 0.25) is 0 Å². The summed E-state index contributed by atoms with van der Waals surface area (Å²) in [6.07, 6.45) is 4.94. The molecule has 9 nitrogen and oxygen atoms in total. The molecule has 0 spiro atoms. The first-order chi connectivity index (χ1) is 15.9. The van der Waals surface area contributed by atoms with Crippen molar-refractivity contribution in [3.05, 3.63) is 36.3 Å². The molecule has 0 bridgehead atoms. The third-order valence-corrected chi connectivity index (χ3v) is 5.04. The number of carbonyl (C=O) groups excluding carboxylic acids is 2. The molecule has 1 saturated carbocycles. The first-order valence-corrected chi connectivity index (χ1v) is 11.0. The zero-order chi connectivity index (χ0) is 25.4. The number of amides is 2. The summed E-state index contributed by atoms with van der Waals surface area (Å²) >= 11 is 0. The van der Waals surface area contributed by atoms with Crippen LogP contribution in [0, 0.1) is 5.92 Å². The van der Waals surface area contributed by atoms with Gasteiger partial charge < -0.3 is 20.5 Å². The molecule has 0 aromatic carbocycles. The molecule has 2 heterocycles. The Morgan fingerprint density at radius 1 is 1.38 bits per heavy atom. The molecule has 2 amide bonds. The van der Waals surface area contributed by atoms with Crippen molar-refractivity contribution >= 4 is 18.0 Å². The zero-order valence-corrected chi connectivity index (χ0v) is 19.9. The minimum atomic E-state index is -2.70. The predicted octanol–water partition coefficient (Wildman–Crippen LogP) is 2.99. The second kappa shape index (κ2) is 11.9. The number of aromatic nitrogens is 3. The highest BCUT2D eigenvalue weighted by molar-refractivity contribution is 5.95. The van der Waals surface area contributed by atoms with Crippen LogP contribution >= 0.6 is 0 Å². The number of nitrogens with one attached hydrogen (secondary N) is 2. The van der Waals surface area contributed by atoms with Crippen LogP contribution in [0.4, 0.5) is 14.5 Å². The fourth-order valence-electron chi connectivity index (χ4n) is 3.53. The zero-order valence-electron chi connectivity index (χ0n) is 19.9. The minimum Gasteiger partial charge on any atom is -0.481 e. The molecule has 1 fully saturated rings. The molecule has 0 radical (unpaired) electrons. The fourth-order valence-corrected chi connectivity index (χ4v) is 3.53. The molecule has 0 aliphatic heterocycles. The van der Waals surface area contributed by atoms with E-state index in [0.29, 0.717) is 24.5 Å². The van der Waals surface area contributed by atoms with Crippen LogP contribution in [0.25, 0.3) is 0 Å². The summed E-state index contributed by atoms with van der Waals surface area (Å²) < 4.78 is 33.6. The Labute approximate surface area is 197 Å². The SMILES string of the molecule is CC(C)(C)O.COc1ncccc1Cn1cc(NC(=O)C(NC=O)C2CCC(F)(F)CC2)cn1. The second-order valence-electron chi connectivity index (χ2n) is 9.21. The average molecular weight is 482 g/mol. The van der Waals surface area contributed by atoms with E-state index in [4.69, 9.17) is 9.84 Å². The van der Waals surface area contributed by atoms with Gasteiger partial charge in [0.1, 0.15) is 6.04 Å². The number of anilines is 1. The molecule has 1 atom stereocenters. The second-order valence-corrected chi connectivity index (χ2v) is 9.21. The highest BCUT2D eigenvalue weighted by Crippen LogP contribution is 2.37. The van der Waals surface area contributed by atoms with Crippen molar-refractivity contribution in [1.82, 2.24) is 20.1 Å². The Hall–Kier alpha value is -3.08. The largest absolute Gasteiger partial charge is 0.481 e. The maximum atomic E-state index is 13.4. The minimum absolute atomic E-state index is 0.173. The van der Waals surface area contributed by atoms with Gasteiger partial charge in [-0.3, -0.25) is 14.3 Å². The number of ether oxygens (including phenoxy) is 1. The summed E-state index contributed by atoms with van der Waals surface area (Å²) in [6.45, 7) is 5.62. The van der Waals surface area contributed by atoms with Gasteiger partial charge in [0.15, 0.2) is 0 Å². The topological polar surface area (TPSA) is 118 Å². The summed E-state index contributed by atoms with van der Waals surface area (Å²) in [4.78, 5) is 27.7. The molecule has 0 saturated heterocycles. The van der Waals surface area contributed by atoms with Crippen LogP contribution in [-0.4, -0.2) is 56.9 Å². The summed E-state index contributed by atoms with van der Waals surface area (Å²) in [5.74, 6) is -3.01. The molecule has 2 aromatic heterocycles. The lowest BCUT2D eigenvalue weighted by atomic mass is 9.81. The molecule has 1 aliphatic carbocycles. The van der Waals surface area contributed by atoms with Crippen LogP contribution in [0.15, 0.2) is 30.7 Å². The molecule has 2 aromatic rings. The number of pyridine rings is 1. The van der Waals surface area contributed by atoms with Gasteiger partial charge in [-0.05, 0) is 45.6 Å². The molecule has 3 rings (SSSR count). The third kappa shape index (κ3) is 9.05. The number of methoxy groups -OCH3 is 1. The Bertz CT molecular complexity index is 929. The van der Waals surface area contributed by atoms with Gasteiger partial charge in [0.05, 0.1) is 31.1 Å². The standard InChI is InChI=1S/C19H23F2N5O3.C4H10O/c1-29-18-14(3-2-8-22-18)10-26-11-15(9-24-26)25-17(28)16(23-12-27)13-4-6-19(20,21)7-5-13;1-4(2,3)5/h2-3,8-9,11-13,16H,4-7,10H2,1H3,(H,23,27)(H,25,28);5H,1-3H3. The highest BCUT2D eigenvalue weighted by atomic mass is 19.3. The molecule has 34 heavy (non-hydrogen) atoms. The number of halogens is 2. The van der Waals surface area contributed by atoms with Gasteiger partial charge in [-0.25, -0.2) is 13.8 Å². The lowest BCUT2D eigenvalue weighted by Crippen LogP contribution is -2.47. The summed E-state index contributed by atoms with van der Waals surface area (Å²) in [5.41, 5.74) is 0.760. The summed E-state index contributed by atoms with van der Waals surface area (Å²) in [5, 5.41) is 17.9. The Morgan fingerprint density at radius 2 is 2.03 bits per heavy atom. The van der Waals surface area contributed by atoms with Crippen molar-refractivity contribution in [2.24, 2.45) is 5.92 Å². The number of rotatable bonds is 8. The van der Waals surface area contributed by atoms with Crippen molar-refractivity contribution in [2.45, 2.75) is 70.6 Å². The van der Waals surface area contributed by atoms with Gasteiger partial charge in [-0.2, -0.15) is 5.10 Å². The number of hydrogen-bond acceptors (Lipinski definition) is 6.